The third kappa shape index (κ3) is 3.62. The van der Waals surface area contributed by atoms with Crippen LogP contribution < -0.4 is 10.0 Å². The molecule has 0 saturated carbocycles. The van der Waals surface area contributed by atoms with Crippen molar-refractivity contribution in [2.75, 3.05) is 7.05 Å². The predicted octanol–water partition coefficient (Wildman–Crippen LogP) is 1.82. The van der Waals surface area contributed by atoms with Crippen molar-refractivity contribution in [3.63, 3.8) is 0 Å². The van der Waals surface area contributed by atoms with E-state index in [1.54, 1.807) is 32.2 Å². The Morgan fingerprint density at radius 1 is 1.38 bits per heavy atom. The van der Waals surface area contributed by atoms with E-state index in [0.29, 0.717) is 17.1 Å². The van der Waals surface area contributed by atoms with Gasteiger partial charge in [-0.15, -0.1) is 0 Å². The Labute approximate surface area is 129 Å². The summed E-state index contributed by atoms with van der Waals surface area (Å²) in [6.45, 7) is 2.15. The van der Waals surface area contributed by atoms with E-state index < -0.39 is 16.1 Å². The number of nitrogens with zero attached hydrogens (tertiary/aromatic N) is 1. The standard InChI is InChI=1S/C13H17ClN4O2S/c1-9(11-5-3-4-6-12(11)14)18-21(19,20)13-10(7-15-2)8-16-17-13/h3-6,8-9,15,18H,7H2,1-2H3,(H,16,17). The molecule has 8 heteroatoms. The van der Waals surface area contributed by atoms with Crippen LogP contribution in [0.4, 0.5) is 0 Å². The number of hydrogen-bond acceptors (Lipinski definition) is 4. The summed E-state index contributed by atoms with van der Waals surface area (Å²) in [6.07, 6.45) is 1.49. The Morgan fingerprint density at radius 2 is 2.10 bits per heavy atom. The smallest absolute Gasteiger partial charge is 0.258 e. The molecule has 0 saturated heterocycles. The van der Waals surface area contributed by atoms with Gasteiger partial charge < -0.3 is 5.32 Å². The normalized spacial score (nSPS) is 13.3. The Hall–Kier alpha value is -1.41. The van der Waals surface area contributed by atoms with Gasteiger partial charge in [0.25, 0.3) is 10.0 Å². The highest BCUT2D eigenvalue weighted by Crippen LogP contribution is 2.24. The van der Waals surface area contributed by atoms with Crippen LogP contribution in [-0.4, -0.2) is 25.7 Å². The van der Waals surface area contributed by atoms with E-state index in [2.05, 4.69) is 20.2 Å². The molecular formula is C13H17ClN4O2S. The summed E-state index contributed by atoms with van der Waals surface area (Å²) < 4.78 is 27.5. The number of sulfonamides is 1. The van der Waals surface area contributed by atoms with E-state index >= 15 is 0 Å². The number of aromatic nitrogens is 2. The van der Waals surface area contributed by atoms with E-state index in [9.17, 15) is 8.42 Å². The summed E-state index contributed by atoms with van der Waals surface area (Å²) in [6, 6.07) is 6.68. The van der Waals surface area contributed by atoms with Gasteiger partial charge in [0.05, 0.1) is 6.20 Å². The molecule has 3 N–H and O–H groups in total. The highest BCUT2D eigenvalue weighted by atomic mass is 35.5. The van der Waals surface area contributed by atoms with Gasteiger partial charge >= 0.3 is 0 Å². The Kier molecular flexibility index (Phi) is 5.00. The first-order valence-electron chi connectivity index (χ1n) is 6.39. The number of benzene rings is 1. The van der Waals surface area contributed by atoms with Gasteiger partial charge in [-0.2, -0.15) is 5.10 Å². The van der Waals surface area contributed by atoms with Gasteiger partial charge in [0.15, 0.2) is 5.03 Å². The van der Waals surface area contributed by atoms with E-state index in [4.69, 9.17) is 11.6 Å². The monoisotopic (exact) mass is 328 g/mol. The quantitative estimate of drug-likeness (QED) is 0.755. The predicted molar refractivity (Wildman–Crippen MR) is 81.5 cm³/mol. The van der Waals surface area contributed by atoms with Crippen LogP contribution in [0.15, 0.2) is 35.5 Å². The minimum absolute atomic E-state index is 0.0655. The minimum atomic E-state index is -3.70. The van der Waals surface area contributed by atoms with Crippen molar-refractivity contribution in [2.45, 2.75) is 24.5 Å². The highest BCUT2D eigenvalue weighted by Gasteiger charge is 2.24. The third-order valence-electron chi connectivity index (χ3n) is 3.02. The van der Waals surface area contributed by atoms with Crippen molar-refractivity contribution in [3.8, 4) is 0 Å². The van der Waals surface area contributed by atoms with Crippen LogP contribution >= 0.6 is 11.6 Å². The maximum absolute atomic E-state index is 12.4. The molecule has 21 heavy (non-hydrogen) atoms. The second-order valence-corrected chi connectivity index (χ2v) is 6.68. The van der Waals surface area contributed by atoms with Crippen LogP contribution in [0.3, 0.4) is 0 Å². The minimum Gasteiger partial charge on any atom is -0.316 e. The molecule has 2 aromatic rings. The fourth-order valence-corrected chi connectivity index (χ4v) is 3.68. The zero-order valence-corrected chi connectivity index (χ0v) is 13.3. The molecule has 1 aromatic carbocycles. The largest absolute Gasteiger partial charge is 0.316 e. The zero-order valence-electron chi connectivity index (χ0n) is 11.7. The summed E-state index contributed by atoms with van der Waals surface area (Å²) in [5, 5.41) is 9.81. The molecule has 0 aliphatic rings. The van der Waals surface area contributed by atoms with Crippen molar-refractivity contribution < 1.29 is 8.42 Å². The van der Waals surface area contributed by atoms with Crippen molar-refractivity contribution in [1.29, 1.82) is 0 Å². The molecule has 0 fully saturated rings. The fourth-order valence-electron chi connectivity index (χ4n) is 2.03. The summed E-state index contributed by atoms with van der Waals surface area (Å²) in [7, 11) is -1.96. The maximum Gasteiger partial charge on any atom is 0.258 e. The SMILES string of the molecule is CNCc1cn[nH]c1S(=O)(=O)NC(C)c1ccccc1Cl. The summed E-state index contributed by atoms with van der Waals surface area (Å²) in [4.78, 5) is 0. The summed E-state index contributed by atoms with van der Waals surface area (Å²) in [5.74, 6) is 0. The molecule has 0 spiro atoms. The molecule has 0 aliphatic heterocycles. The molecule has 1 unspecified atom stereocenters. The van der Waals surface area contributed by atoms with E-state index in [1.165, 1.54) is 6.20 Å². The van der Waals surface area contributed by atoms with Crippen molar-refractivity contribution >= 4 is 21.6 Å². The first-order valence-corrected chi connectivity index (χ1v) is 8.25. The number of rotatable bonds is 6. The number of H-pyrrole nitrogens is 1. The Bertz CT molecular complexity index is 714. The fraction of sp³-hybridized carbons (Fsp3) is 0.308. The molecule has 0 amide bonds. The Morgan fingerprint density at radius 3 is 2.76 bits per heavy atom. The molecule has 114 valence electrons. The number of aromatic amines is 1. The molecule has 1 atom stereocenters. The third-order valence-corrected chi connectivity index (χ3v) is 4.92. The van der Waals surface area contributed by atoms with Crippen LogP contribution in [-0.2, 0) is 16.6 Å². The van der Waals surface area contributed by atoms with Gasteiger partial charge in [0.2, 0.25) is 0 Å². The number of halogens is 1. The summed E-state index contributed by atoms with van der Waals surface area (Å²) >= 11 is 6.09. The average Bonchev–Trinajstić information content (AvgIpc) is 2.88. The van der Waals surface area contributed by atoms with Gasteiger partial charge in [-0.1, -0.05) is 29.8 Å². The molecular weight excluding hydrogens is 312 g/mol. The van der Waals surface area contributed by atoms with Crippen LogP contribution in [0.25, 0.3) is 0 Å². The lowest BCUT2D eigenvalue weighted by Gasteiger charge is -2.15. The molecule has 0 radical (unpaired) electrons. The molecule has 6 nitrogen and oxygen atoms in total. The second-order valence-electron chi connectivity index (χ2n) is 4.62. The molecule has 2 rings (SSSR count). The lowest BCUT2D eigenvalue weighted by molar-refractivity contribution is 0.561. The van der Waals surface area contributed by atoms with Gasteiger partial charge in [-0.25, -0.2) is 13.1 Å². The van der Waals surface area contributed by atoms with Crippen LogP contribution in [0.1, 0.15) is 24.1 Å². The van der Waals surface area contributed by atoms with Crippen molar-refractivity contribution in [3.05, 3.63) is 46.6 Å². The van der Waals surface area contributed by atoms with Crippen molar-refractivity contribution in [2.24, 2.45) is 0 Å². The lowest BCUT2D eigenvalue weighted by Crippen LogP contribution is -2.28. The van der Waals surface area contributed by atoms with E-state index in [0.717, 1.165) is 5.56 Å². The molecule has 1 heterocycles. The van der Waals surface area contributed by atoms with Gasteiger partial charge in [0, 0.05) is 23.2 Å². The van der Waals surface area contributed by atoms with Crippen LogP contribution in [0.5, 0.6) is 0 Å². The first-order chi connectivity index (χ1) is 9.95. The second kappa shape index (κ2) is 6.57. The summed E-state index contributed by atoms with van der Waals surface area (Å²) in [5.41, 5.74) is 1.30. The molecule has 1 aromatic heterocycles. The van der Waals surface area contributed by atoms with E-state index in [-0.39, 0.29) is 5.03 Å². The van der Waals surface area contributed by atoms with Crippen molar-refractivity contribution in [1.82, 2.24) is 20.2 Å². The topological polar surface area (TPSA) is 86.9 Å². The Balaban J connectivity index is 2.25. The average molecular weight is 329 g/mol. The molecule has 0 aliphatic carbocycles. The number of nitrogens with one attached hydrogen (secondary N) is 3. The van der Waals surface area contributed by atoms with Crippen LogP contribution in [0, 0.1) is 0 Å². The number of hydrogen-bond donors (Lipinski definition) is 3. The first kappa shape index (κ1) is 16.0. The van der Waals surface area contributed by atoms with Gasteiger partial charge in [0.1, 0.15) is 0 Å². The van der Waals surface area contributed by atoms with Gasteiger partial charge in [-0.3, -0.25) is 5.10 Å². The van der Waals surface area contributed by atoms with E-state index in [1.807, 2.05) is 6.07 Å². The highest BCUT2D eigenvalue weighted by molar-refractivity contribution is 7.89. The van der Waals surface area contributed by atoms with Gasteiger partial charge in [-0.05, 0) is 25.6 Å². The zero-order chi connectivity index (χ0) is 15.5. The molecule has 0 bridgehead atoms. The lowest BCUT2D eigenvalue weighted by atomic mass is 10.1. The van der Waals surface area contributed by atoms with Crippen LogP contribution in [0.2, 0.25) is 5.02 Å². The maximum atomic E-state index is 12.4.